The van der Waals surface area contributed by atoms with E-state index in [2.05, 4.69) is 10.3 Å². The SMILES string of the molecule is N#Cc1ccc([C@@H]2NC(=O)N(c3cccc(C(F)(F)F)c3)C3=C2C(=O)CC3)nc1. The molecule has 29 heavy (non-hydrogen) atoms. The van der Waals surface area contributed by atoms with Crippen LogP contribution in [0.15, 0.2) is 53.9 Å². The minimum Gasteiger partial charge on any atom is -0.325 e. The quantitative estimate of drug-likeness (QED) is 0.832. The normalized spacial score (nSPS) is 19.1. The number of nitrogens with one attached hydrogen (secondary N) is 1. The first-order valence-corrected chi connectivity index (χ1v) is 8.70. The number of amides is 2. The first kappa shape index (κ1) is 18.7. The van der Waals surface area contributed by atoms with Crippen molar-refractivity contribution in [2.75, 3.05) is 4.90 Å². The van der Waals surface area contributed by atoms with Crippen molar-refractivity contribution in [1.29, 1.82) is 5.26 Å². The smallest absolute Gasteiger partial charge is 0.325 e. The van der Waals surface area contributed by atoms with Crippen molar-refractivity contribution in [3.63, 3.8) is 0 Å². The van der Waals surface area contributed by atoms with E-state index in [0.29, 0.717) is 22.5 Å². The Balaban J connectivity index is 1.80. The predicted octanol–water partition coefficient (Wildman–Crippen LogP) is 3.86. The molecule has 1 atom stereocenters. The standard InChI is InChI=1S/C20H13F3N4O2/c21-20(22,23)12-2-1-3-13(8-12)27-15-6-7-16(28)17(15)18(26-19(27)29)14-5-4-11(9-24)10-25-14/h1-5,8,10,18H,6-7H2,(H,26,29)/t18-/m0/s1. The summed E-state index contributed by atoms with van der Waals surface area (Å²) in [5.41, 5.74) is 0.529. The first-order valence-electron chi connectivity index (χ1n) is 8.70. The van der Waals surface area contributed by atoms with Gasteiger partial charge in [0.05, 0.1) is 22.5 Å². The third-order valence-electron chi connectivity index (χ3n) is 4.87. The number of hydrogen-bond donors (Lipinski definition) is 1. The number of nitriles is 1. The maximum Gasteiger partial charge on any atom is 0.416 e. The molecule has 146 valence electrons. The zero-order valence-electron chi connectivity index (χ0n) is 14.8. The Kier molecular flexibility index (Phi) is 4.34. The van der Waals surface area contributed by atoms with Crippen LogP contribution in [0.4, 0.5) is 23.7 Å². The number of allylic oxidation sites excluding steroid dienone is 1. The average Bonchev–Trinajstić information content (AvgIpc) is 3.08. The van der Waals surface area contributed by atoms with E-state index in [9.17, 15) is 22.8 Å². The fourth-order valence-corrected chi connectivity index (χ4v) is 3.56. The van der Waals surface area contributed by atoms with Crippen LogP contribution in [0.1, 0.15) is 35.7 Å². The van der Waals surface area contributed by atoms with Gasteiger partial charge in [0.2, 0.25) is 0 Å². The second kappa shape index (κ2) is 6.74. The number of nitrogens with zero attached hydrogens (tertiary/aromatic N) is 3. The lowest BCUT2D eigenvalue weighted by Crippen LogP contribution is -2.47. The summed E-state index contributed by atoms with van der Waals surface area (Å²) in [6, 6.07) is 7.95. The molecule has 1 aromatic heterocycles. The van der Waals surface area contributed by atoms with E-state index in [0.717, 1.165) is 17.0 Å². The molecule has 2 aliphatic rings. The van der Waals surface area contributed by atoms with E-state index in [-0.39, 0.29) is 24.3 Å². The summed E-state index contributed by atoms with van der Waals surface area (Å²) in [4.78, 5) is 30.6. The van der Waals surface area contributed by atoms with Crippen LogP contribution in [0, 0.1) is 11.3 Å². The van der Waals surface area contributed by atoms with Gasteiger partial charge in [0.25, 0.3) is 0 Å². The topological polar surface area (TPSA) is 86.1 Å². The van der Waals surface area contributed by atoms with E-state index in [1.807, 2.05) is 6.07 Å². The van der Waals surface area contributed by atoms with Gasteiger partial charge in [-0.05, 0) is 36.8 Å². The van der Waals surface area contributed by atoms with Crippen LogP contribution in [-0.2, 0) is 11.0 Å². The minimum absolute atomic E-state index is 0.0331. The first-order chi connectivity index (χ1) is 13.8. The molecule has 9 heteroatoms. The molecule has 4 rings (SSSR count). The molecule has 0 saturated carbocycles. The van der Waals surface area contributed by atoms with Gasteiger partial charge in [0, 0.05) is 23.9 Å². The molecule has 0 spiro atoms. The number of halogens is 3. The van der Waals surface area contributed by atoms with Crippen molar-refractivity contribution >= 4 is 17.5 Å². The Morgan fingerprint density at radius 2 is 1.97 bits per heavy atom. The van der Waals surface area contributed by atoms with Gasteiger partial charge in [0.15, 0.2) is 5.78 Å². The van der Waals surface area contributed by atoms with Gasteiger partial charge in [-0.3, -0.25) is 14.7 Å². The number of benzene rings is 1. The summed E-state index contributed by atoms with van der Waals surface area (Å²) in [5, 5.41) is 11.6. The number of aromatic nitrogens is 1. The highest BCUT2D eigenvalue weighted by atomic mass is 19.4. The maximum atomic E-state index is 13.1. The third kappa shape index (κ3) is 3.23. The summed E-state index contributed by atoms with van der Waals surface area (Å²) in [5.74, 6) is -0.201. The Hall–Kier alpha value is -3.67. The van der Waals surface area contributed by atoms with Crippen LogP contribution in [-0.4, -0.2) is 16.8 Å². The van der Waals surface area contributed by atoms with Crippen molar-refractivity contribution in [3.05, 3.63) is 70.7 Å². The molecular formula is C20H13F3N4O2. The Morgan fingerprint density at radius 1 is 1.17 bits per heavy atom. The highest BCUT2D eigenvalue weighted by Gasteiger charge is 2.42. The molecule has 0 radical (unpaired) electrons. The molecule has 0 bridgehead atoms. The van der Waals surface area contributed by atoms with Crippen LogP contribution in [0.5, 0.6) is 0 Å². The fourth-order valence-electron chi connectivity index (χ4n) is 3.56. The van der Waals surface area contributed by atoms with Gasteiger partial charge in [0.1, 0.15) is 12.1 Å². The number of Topliss-reactive ketones (excluding diaryl/α,β-unsaturated/α-hetero) is 1. The lowest BCUT2D eigenvalue weighted by molar-refractivity contribution is -0.137. The highest BCUT2D eigenvalue weighted by Crippen LogP contribution is 2.41. The number of carbonyl (C=O) groups is 2. The maximum absolute atomic E-state index is 13.1. The van der Waals surface area contributed by atoms with Crippen LogP contribution in [0.25, 0.3) is 0 Å². The van der Waals surface area contributed by atoms with Gasteiger partial charge in [-0.2, -0.15) is 18.4 Å². The molecule has 2 aromatic rings. The van der Waals surface area contributed by atoms with Crippen molar-refractivity contribution < 1.29 is 22.8 Å². The van der Waals surface area contributed by atoms with Gasteiger partial charge in [-0.15, -0.1) is 0 Å². The lowest BCUT2D eigenvalue weighted by Gasteiger charge is -2.34. The Morgan fingerprint density at radius 3 is 2.62 bits per heavy atom. The molecule has 1 N–H and O–H groups in total. The van der Waals surface area contributed by atoms with Gasteiger partial charge >= 0.3 is 12.2 Å². The molecule has 2 heterocycles. The number of carbonyl (C=O) groups excluding carboxylic acids is 2. The highest BCUT2D eigenvalue weighted by molar-refractivity contribution is 6.08. The van der Waals surface area contributed by atoms with Crippen molar-refractivity contribution in [2.45, 2.75) is 25.1 Å². The number of rotatable bonds is 2. The van der Waals surface area contributed by atoms with E-state index >= 15 is 0 Å². The summed E-state index contributed by atoms with van der Waals surface area (Å²) < 4.78 is 39.3. The number of alkyl halides is 3. The van der Waals surface area contributed by atoms with Crippen LogP contribution < -0.4 is 10.2 Å². The molecule has 2 amide bonds. The van der Waals surface area contributed by atoms with E-state index < -0.39 is 23.8 Å². The van der Waals surface area contributed by atoms with E-state index in [1.165, 1.54) is 24.4 Å². The van der Waals surface area contributed by atoms with Crippen LogP contribution in [0.2, 0.25) is 0 Å². The molecule has 0 unspecified atom stereocenters. The zero-order valence-corrected chi connectivity index (χ0v) is 14.8. The molecule has 1 aromatic carbocycles. The van der Waals surface area contributed by atoms with Gasteiger partial charge in [-0.1, -0.05) is 6.07 Å². The van der Waals surface area contributed by atoms with Crippen LogP contribution in [0.3, 0.4) is 0 Å². The average molecular weight is 398 g/mol. The van der Waals surface area contributed by atoms with Crippen LogP contribution >= 0.6 is 0 Å². The lowest BCUT2D eigenvalue weighted by atomic mass is 9.98. The molecule has 6 nitrogen and oxygen atoms in total. The van der Waals surface area contributed by atoms with Crippen molar-refractivity contribution in [2.24, 2.45) is 0 Å². The molecule has 1 aliphatic heterocycles. The van der Waals surface area contributed by atoms with E-state index in [1.54, 1.807) is 6.07 Å². The van der Waals surface area contributed by atoms with E-state index in [4.69, 9.17) is 5.26 Å². The predicted molar refractivity (Wildman–Crippen MR) is 95.4 cm³/mol. The number of hydrogen-bond acceptors (Lipinski definition) is 4. The second-order valence-corrected chi connectivity index (χ2v) is 6.63. The van der Waals surface area contributed by atoms with Crippen molar-refractivity contribution in [3.8, 4) is 6.07 Å². The molecule has 0 saturated heterocycles. The Bertz CT molecular complexity index is 1080. The summed E-state index contributed by atoms with van der Waals surface area (Å²) >= 11 is 0. The zero-order chi connectivity index (χ0) is 20.8. The number of ketones is 1. The third-order valence-corrected chi connectivity index (χ3v) is 4.87. The molecule has 0 fully saturated rings. The Labute approximate surface area is 163 Å². The second-order valence-electron chi connectivity index (χ2n) is 6.63. The number of pyridine rings is 1. The monoisotopic (exact) mass is 398 g/mol. The largest absolute Gasteiger partial charge is 0.416 e. The van der Waals surface area contributed by atoms with Crippen molar-refractivity contribution in [1.82, 2.24) is 10.3 Å². The van der Waals surface area contributed by atoms with Gasteiger partial charge < -0.3 is 5.32 Å². The summed E-state index contributed by atoms with van der Waals surface area (Å²) in [6.07, 6.45) is -2.83. The fraction of sp³-hybridized carbons (Fsp3) is 0.200. The molecule has 1 aliphatic carbocycles. The summed E-state index contributed by atoms with van der Waals surface area (Å²) in [7, 11) is 0. The number of urea groups is 1. The summed E-state index contributed by atoms with van der Waals surface area (Å²) in [6.45, 7) is 0. The minimum atomic E-state index is -4.56. The number of anilines is 1. The molecular weight excluding hydrogens is 385 g/mol. The van der Waals surface area contributed by atoms with Gasteiger partial charge in [-0.25, -0.2) is 4.79 Å².